The molecule has 1 aliphatic heterocycles. The molecule has 0 aliphatic carbocycles. The number of pyridine rings is 1. The minimum absolute atomic E-state index is 0.159. The molecule has 4 heteroatoms. The van der Waals surface area contributed by atoms with E-state index in [0.717, 1.165) is 30.9 Å². The zero-order valence-electron chi connectivity index (χ0n) is 13.6. The van der Waals surface area contributed by atoms with Gasteiger partial charge in [-0.1, -0.05) is 19.1 Å². The lowest BCUT2D eigenvalue weighted by Crippen LogP contribution is -2.29. The van der Waals surface area contributed by atoms with Crippen LogP contribution >= 0.6 is 0 Å². The summed E-state index contributed by atoms with van der Waals surface area (Å²) < 4.78 is 0. The van der Waals surface area contributed by atoms with E-state index in [2.05, 4.69) is 22.1 Å². The second kappa shape index (κ2) is 7.27. The van der Waals surface area contributed by atoms with Crippen molar-refractivity contribution in [3.05, 3.63) is 53.9 Å². The second-order valence-electron chi connectivity index (χ2n) is 5.95. The van der Waals surface area contributed by atoms with E-state index in [4.69, 9.17) is 0 Å². The Balaban J connectivity index is 1.71. The molecular weight excluding hydrogens is 286 g/mol. The summed E-state index contributed by atoms with van der Waals surface area (Å²) in [5.74, 6) is -0.159. The molecule has 1 aromatic carbocycles. The summed E-state index contributed by atoms with van der Waals surface area (Å²) in [7, 11) is 0. The Hall–Kier alpha value is -2.36. The molecular formula is C19H23N3O. The monoisotopic (exact) mass is 309 g/mol. The van der Waals surface area contributed by atoms with E-state index in [1.54, 1.807) is 6.20 Å². The first kappa shape index (κ1) is 15.5. The van der Waals surface area contributed by atoms with Gasteiger partial charge in [0.25, 0.3) is 5.91 Å². The van der Waals surface area contributed by atoms with Crippen LogP contribution in [-0.4, -0.2) is 24.0 Å². The van der Waals surface area contributed by atoms with Gasteiger partial charge in [0.05, 0.1) is 0 Å². The normalized spacial score (nSPS) is 14.6. The van der Waals surface area contributed by atoms with Crippen LogP contribution in [0, 0.1) is 0 Å². The first-order valence-electron chi connectivity index (χ1n) is 8.37. The SMILES string of the molecule is CCc1ccc(NC(=O)c2cc(N3CCCCC3)ccn2)cc1. The Labute approximate surface area is 137 Å². The van der Waals surface area contributed by atoms with Crippen LogP contribution in [-0.2, 0) is 6.42 Å². The number of rotatable bonds is 4. The Bertz CT molecular complexity index is 661. The summed E-state index contributed by atoms with van der Waals surface area (Å²) in [6, 6.07) is 11.8. The highest BCUT2D eigenvalue weighted by atomic mass is 16.1. The van der Waals surface area contributed by atoms with Crippen LogP contribution in [0.4, 0.5) is 11.4 Å². The van der Waals surface area contributed by atoms with Crippen LogP contribution in [0.15, 0.2) is 42.6 Å². The van der Waals surface area contributed by atoms with Crippen molar-refractivity contribution in [2.75, 3.05) is 23.3 Å². The summed E-state index contributed by atoms with van der Waals surface area (Å²) in [4.78, 5) is 19.0. The van der Waals surface area contributed by atoms with Gasteiger partial charge in [-0.05, 0) is 55.5 Å². The van der Waals surface area contributed by atoms with E-state index in [0.29, 0.717) is 5.69 Å². The molecule has 4 nitrogen and oxygen atoms in total. The van der Waals surface area contributed by atoms with Gasteiger partial charge >= 0.3 is 0 Å². The van der Waals surface area contributed by atoms with Crippen LogP contribution < -0.4 is 10.2 Å². The fraction of sp³-hybridized carbons (Fsp3) is 0.368. The molecule has 1 fully saturated rings. The van der Waals surface area contributed by atoms with Gasteiger partial charge in [-0.2, -0.15) is 0 Å². The van der Waals surface area contributed by atoms with E-state index >= 15 is 0 Å². The maximum Gasteiger partial charge on any atom is 0.274 e. The molecule has 23 heavy (non-hydrogen) atoms. The molecule has 2 aromatic rings. The standard InChI is InChI=1S/C19H23N3O/c1-2-15-6-8-16(9-7-15)21-19(23)18-14-17(10-11-20-18)22-12-4-3-5-13-22/h6-11,14H,2-5,12-13H2,1H3,(H,21,23). The van der Waals surface area contributed by atoms with Gasteiger partial charge in [-0.15, -0.1) is 0 Å². The predicted molar refractivity (Wildman–Crippen MR) is 94.1 cm³/mol. The molecule has 2 heterocycles. The number of hydrogen-bond acceptors (Lipinski definition) is 3. The highest BCUT2D eigenvalue weighted by molar-refractivity contribution is 6.03. The molecule has 3 rings (SSSR count). The number of aromatic nitrogens is 1. The highest BCUT2D eigenvalue weighted by Gasteiger charge is 2.14. The van der Waals surface area contributed by atoms with Gasteiger partial charge < -0.3 is 10.2 Å². The Morgan fingerprint density at radius 1 is 1.13 bits per heavy atom. The van der Waals surface area contributed by atoms with Gasteiger partial charge in [0, 0.05) is 30.7 Å². The van der Waals surface area contributed by atoms with Crippen molar-refractivity contribution in [2.45, 2.75) is 32.6 Å². The molecule has 120 valence electrons. The van der Waals surface area contributed by atoms with Gasteiger partial charge in [-0.3, -0.25) is 9.78 Å². The zero-order valence-corrected chi connectivity index (χ0v) is 13.6. The molecule has 0 unspecified atom stereocenters. The lowest BCUT2D eigenvalue weighted by Gasteiger charge is -2.28. The number of nitrogens with zero attached hydrogens (tertiary/aromatic N) is 2. The Morgan fingerprint density at radius 3 is 2.57 bits per heavy atom. The molecule has 0 bridgehead atoms. The highest BCUT2D eigenvalue weighted by Crippen LogP contribution is 2.20. The average molecular weight is 309 g/mol. The topological polar surface area (TPSA) is 45.2 Å². The lowest BCUT2D eigenvalue weighted by atomic mass is 10.1. The lowest BCUT2D eigenvalue weighted by molar-refractivity contribution is 0.102. The predicted octanol–water partition coefficient (Wildman–Crippen LogP) is 3.89. The van der Waals surface area contributed by atoms with Crippen molar-refractivity contribution in [3.8, 4) is 0 Å². The first-order valence-corrected chi connectivity index (χ1v) is 8.37. The largest absolute Gasteiger partial charge is 0.371 e. The van der Waals surface area contributed by atoms with Crippen molar-refractivity contribution >= 4 is 17.3 Å². The third-order valence-corrected chi connectivity index (χ3v) is 4.32. The van der Waals surface area contributed by atoms with Gasteiger partial charge in [0.1, 0.15) is 5.69 Å². The quantitative estimate of drug-likeness (QED) is 0.932. The Kier molecular flexibility index (Phi) is 4.91. The maximum absolute atomic E-state index is 12.4. The molecule has 0 spiro atoms. The van der Waals surface area contributed by atoms with Gasteiger partial charge in [0.2, 0.25) is 0 Å². The molecule has 1 N–H and O–H groups in total. The molecule has 0 saturated carbocycles. The third-order valence-electron chi connectivity index (χ3n) is 4.32. The molecule has 0 radical (unpaired) electrons. The van der Waals surface area contributed by atoms with Gasteiger partial charge in [-0.25, -0.2) is 0 Å². The van der Waals surface area contributed by atoms with Crippen LogP contribution in [0.5, 0.6) is 0 Å². The summed E-state index contributed by atoms with van der Waals surface area (Å²) in [6.07, 6.45) is 6.44. The van der Waals surface area contributed by atoms with Crippen molar-refractivity contribution in [1.82, 2.24) is 4.98 Å². The molecule has 1 amide bonds. The average Bonchev–Trinajstić information content (AvgIpc) is 2.63. The number of carbonyl (C=O) groups is 1. The molecule has 0 atom stereocenters. The maximum atomic E-state index is 12.4. The van der Waals surface area contributed by atoms with E-state index in [9.17, 15) is 4.79 Å². The first-order chi connectivity index (χ1) is 11.3. The number of hydrogen-bond donors (Lipinski definition) is 1. The number of nitrogens with one attached hydrogen (secondary N) is 1. The van der Waals surface area contributed by atoms with Gasteiger partial charge in [0.15, 0.2) is 0 Å². The van der Waals surface area contributed by atoms with Crippen molar-refractivity contribution in [3.63, 3.8) is 0 Å². The number of carbonyl (C=O) groups excluding carboxylic acids is 1. The summed E-state index contributed by atoms with van der Waals surface area (Å²) in [5, 5.41) is 2.92. The van der Waals surface area contributed by atoms with Crippen molar-refractivity contribution in [1.29, 1.82) is 0 Å². The van der Waals surface area contributed by atoms with Crippen LogP contribution in [0.25, 0.3) is 0 Å². The third kappa shape index (κ3) is 3.89. The molecule has 1 aromatic heterocycles. The number of benzene rings is 1. The minimum atomic E-state index is -0.159. The van der Waals surface area contributed by atoms with Crippen LogP contribution in [0.3, 0.4) is 0 Å². The van der Waals surface area contributed by atoms with E-state index in [-0.39, 0.29) is 5.91 Å². The fourth-order valence-electron chi connectivity index (χ4n) is 2.91. The smallest absolute Gasteiger partial charge is 0.274 e. The van der Waals surface area contributed by atoms with E-state index in [1.807, 2.05) is 36.4 Å². The summed E-state index contributed by atoms with van der Waals surface area (Å²) in [5.41, 5.74) is 3.62. The van der Waals surface area contributed by atoms with Crippen molar-refractivity contribution in [2.24, 2.45) is 0 Å². The summed E-state index contributed by atoms with van der Waals surface area (Å²) in [6.45, 7) is 4.23. The second-order valence-corrected chi connectivity index (χ2v) is 5.95. The molecule has 1 aliphatic rings. The number of amides is 1. The van der Waals surface area contributed by atoms with Crippen LogP contribution in [0.1, 0.15) is 42.2 Å². The zero-order chi connectivity index (χ0) is 16.1. The number of anilines is 2. The van der Waals surface area contributed by atoms with E-state index < -0.39 is 0 Å². The fourth-order valence-corrected chi connectivity index (χ4v) is 2.91. The number of piperidine rings is 1. The number of aryl methyl sites for hydroxylation is 1. The van der Waals surface area contributed by atoms with E-state index in [1.165, 1.54) is 24.8 Å². The van der Waals surface area contributed by atoms with Crippen LogP contribution in [0.2, 0.25) is 0 Å². The summed E-state index contributed by atoms with van der Waals surface area (Å²) >= 11 is 0. The Morgan fingerprint density at radius 2 is 1.87 bits per heavy atom. The van der Waals surface area contributed by atoms with Crippen molar-refractivity contribution < 1.29 is 4.79 Å². The minimum Gasteiger partial charge on any atom is -0.371 e. The molecule has 1 saturated heterocycles.